The minimum atomic E-state index is -4.73. The van der Waals surface area contributed by atoms with Crippen molar-refractivity contribution in [3.63, 3.8) is 0 Å². The summed E-state index contributed by atoms with van der Waals surface area (Å²) in [5.41, 5.74) is -1.99. The van der Waals surface area contributed by atoms with Gasteiger partial charge in [-0.1, -0.05) is 6.07 Å². The maximum Gasteiger partial charge on any atom is 0.416 e. The fourth-order valence-corrected chi connectivity index (χ4v) is 3.72. The highest BCUT2D eigenvalue weighted by molar-refractivity contribution is 6.00. The summed E-state index contributed by atoms with van der Waals surface area (Å²) < 4.78 is 60.3. The molecule has 0 unspecified atom stereocenters. The number of halogens is 4. The third-order valence-corrected chi connectivity index (χ3v) is 5.33. The molecule has 1 aromatic carbocycles. The molecule has 1 aliphatic heterocycles. The molecule has 2 atom stereocenters. The largest absolute Gasteiger partial charge is 0.416 e. The van der Waals surface area contributed by atoms with Gasteiger partial charge in [0.15, 0.2) is 5.65 Å². The predicted octanol–water partition coefficient (Wildman–Crippen LogP) is 2.60. The molecule has 2 N–H and O–H groups in total. The van der Waals surface area contributed by atoms with E-state index in [2.05, 4.69) is 15.4 Å². The van der Waals surface area contributed by atoms with Crippen LogP contribution in [0.3, 0.4) is 0 Å². The summed E-state index contributed by atoms with van der Waals surface area (Å²) in [6, 6.07) is 2.00. The van der Waals surface area contributed by atoms with Crippen LogP contribution in [0.4, 0.5) is 17.6 Å². The third-order valence-electron chi connectivity index (χ3n) is 5.33. The molecule has 0 saturated carbocycles. The summed E-state index contributed by atoms with van der Waals surface area (Å²) >= 11 is 0. The standard InChI is InChI=1S/C20H18F4N4O3/c1-11-7-25-17-13(8-26-28(17)9-11)18(30)27-19(4-5-31-10-16(19)29)14-3-2-12(6-15(14)21)20(22,23)24/h2-3,6-9,16,29H,4-5,10H2,1H3,(H,27,30)/t16-,19+/m0/s1. The summed E-state index contributed by atoms with van der Waals surface area (Å²) in [5.74, 6) is -1.89. The summed E-state index contributed by atoms with van der Waals surface area (Å²) in [6.07, 6.45) is -1.69. The van der Waals surface area contributed by atoms with E-state index in [-0.39, 0.29) is 36.4 Å². The number of hydrogen-bond donors (Lipinski definition) is 2. The molecule has 1 fully saturated rings. The van der Waals surface area contributed by atoms with Crippen molar-refractivity contribution in [2.24, 2.45) is 0 Å². The van der Waals surface area contributed by atoms with Gasteiger partial charge in [0, 0.05) is 31.0 Å². The second-order valence-electron chi connectivity index (χ2n) is 7.42. The molecule has 4 rings (SSSR count). The number of rotatable bonds is 3. The molecule has 0 aliphatic carbocycles. The lowest BCUT2D eigenvalue weighted by molar-refractivity contribution is -0.137. The molecule has 11 heteroatoms. The van der Waals surface area contributed by atoms with Crippen LogP contribution in [0.2, 0.25) is 0 Å². The fourth-order valence-electron chi connectivity index (χ4n) is 3.72. The molecular formula is C20H18F4N4O3. The quantitative estimate of drug-likeness (QED) is 0.614. The van der Waals surface area contributed by atoms with Crippen molar-refractivity contribution >= 4 is 11.6 Å². The zero-order valence-corrected chi connectivity index (χ0v) is 16.3. The molecule has 0 bridgehead atoms. The Bertz CT molecular complexity index is 1150. The van der Waals surface area contributed by atoms with E-state index < -0.39 is 35.1 Å². The van der Waals surface area contributed by atoms with Crippen molar-refractivity contribution < 1.29 is 32.2 Å². The van der Waals surface area contributed by atoms with Crippen molar-refractivity contribution in [1.29, 1.82) is 0 Å². The Balaban J connectivity index is 1.76. The number of aliphatic hydroxyl groups is 1. The van der Waals surface area contributed by atoms with Crippen molar-refractivity contribution in [3.8, 4) is 0 Å². The van der Waals surface area contributed by atoms with Crippen molar-refractivity contribution in [2.75, 3.05) is 13.2 Å². The lowest BCUT2D eigenvalue weighted by atomic mass is 9.79. The topological polar surface area (TPSA) is 88.8 Å². The van der Waals surface area contributed by atoms with Crippen LogP contribution in [0.1, 0.15) is 33.5 Å². The molecule has 1 saturated heterocycles. The highest BCUT2D eigenvalue weighted by Crippen LogP contribution is 2.37. The predicted molar refractivity (Wildman–Crippen MR) is 99.7 cm³/mol. The Hall–Kier alpha value is -3.05. The van der Waals surface area contributed by atoms with E-state index in [4.69, 9.17) is 4.74 Å². The minimum Gasteiger partial charge on any atom is -0.388 e. The van der Waals surface area contributed by atoms with Crippen LogP contribution in [-0.2, 0) is 16.5 Å². The van der Waals surface area contributed by atoms with Gasteiger partial charge in [-0.15, -0.1) is 0 Å². The summed E-state index contributed by atoms with van der Waals surface area (Å²) in [6.45, 7) is 1.63. The van der Waals surface area contributed by atoms with E-state index in [1.54, 1.807) is 19.3 Å². The molecule has 7 nitrogen and oxygen atoms in total. The lowest BCUT2D eigenvalue weighted by Crippen LogP contribution is -2.58. The number of aliphatic hydroxyl groups excluding tert-OH is 1. The minimum absolute atomic E-state index is 0.0477. The average molecular weight is 438 g/mol. The first-order valence-electron chi connectivity index (χ1n) is 9.37. The highest BCUT2D eigenvalue weighted by atomic mass is 19.4. The van der Waals surface area contributed by atoms with Gasteiger partial charge in [0.25, 0.3) is 5.91 Å². The highest BCUT2D eigenvalue weighted by Gasteiger charge is 2.46. The second kappa shape index (κ2) is 7.57. The maximum atomic E-state index is 14.8. The van der Waals surface area contributed by atoms with Crippen LogP contribution >= 0.6 is 0 Å². The van der Waals surface area contributed by atoms with Crippen LogP contribution in [0, 0.1) is 12.7 Å². The molecule has 1 aliphatic rings. The van der Waals surface area contributed by atoms with Crippen LogP contribution in [0.25, 0.3) is 5.65 Å². The van der Waals surface area contributed by atoms with Crippen molar-refractivity contribution in [1.82, 2.24) is 19.9 Å². The number of amides is 1. The van der Waals surface area contributed by atoms with Crippen LogP contribution in [0.5, 0.6) is 0 Å². The van der Waals surface area contributed by atoms with E-state index >= 15 is 0 Å². The van der Waals surface area contributed by atoms with Crippen LogP contribution in [-0.4, -0.2) is 44.9 Å². The van der Waals surface area contributed by atoms with Crippen LogP contribution < -0.4 is 5.32 Å². The smallest absolute Gasteiger partial charge is 0.388 e. The number of alkyl halides is 3. The normalized spacial score (nSPS) is 21.9. The van der Waals surface area contributed by atoms with Gasteiger partial charge in [0.05, 0.1) is 23.9 Å². The molecule has 0 spiro atoms. The second-order valence-corrected chi connectivity index (χ2v) is 7.42. The Morgan fingerprint density at radius 2 is 2.13 bits per heavy atom. The van der Waals surface area contributed by atoms with Gasteiger partial charge in [-0.25, -0.2) is 13.9 Å². The van der Waals surface area contributed by atoms with E-state index in [1.807, 2.05) is 0 Å². The molecule has 1 amide bonds. The van der Waals surface area contributed by atoms with Gasteiger partial charge in [0.1, 0.15) is 17.5 Å². The van der Waals surface area contributed by atoms with Crippen LogP contribution in [0.15, 0.2) is 36.8 Å². The molecular weight excluding hydrogens is 420 g/mol. The number of aromatic nitrogens is 3. The van der Waals surface area contributed by atoms with Crippen molar-refractivity contribution in [3.05, 3.63) is 64.9 Å². The number of nitrogens with one attached hydrogen (secondary N) is 1. The summed E-state index contributed by atoms with van der Waals surface area (Å²) in [4.78, 5) is 17.3. The fraction of sp³-hybridized carbons (Fsp3) is 0.350. The van der Waals surface area contributed by atoms with Gasteiger partial charge in [0.2, 0.25) is 0 Å². The zero-order chi connectivity index (χ0) is 22.4. The lowest BCUT2D eigenvalue weighted by Gasteiger charge is -2.42. The van der Waals surface area contributed by atoms with Gasteiger partial charge in [-0.2, -0.15) is 18.3 Å². The summed E-state index contributed by atoms with van der Waals surface area (Å²) in [7, 11) is 0. The molecule has 31 heavy (non-hydrogen) atoms. The Labute approximate surface area is 173 Å². The Kier molecular flexibility index (Phi) is 5.18. The van der Waals surface area contributed by atoms with Gasteiger partial charge < -0.3 is 15.2 Å². The molecule has 164 valence electrons. The first kappa shape index (κ1) is 21.2. The molecule has 3 aromatic rings. The first-order valence-corrected chi connectivity index (χ1v) is 9.37. The maximum absolute atomic E-state index is 14.8. The van der Waals surface area contributed by atoms with Gasteiger partial charge in [-0.3, -0.25) is 4.79 Å². The number of ether oxygens (including phenoxy) is 1. The van der Waals surface area contributed by atoms with E-state index in [9.17, 15) is 27.5 Å². The monoisotopic (exact) mass is 438 g/mol. The summed E-state index contributed by atoms with van der Waals surface area (Å²) in [5, 5.41) is 17.4. The number of benzene rings is 1. The average Bonchev–Trinajstić information content (AvgIpc) is 3.12. The van der Waals surface area contributed by atoms with Gasteiger partial charge >= 0.3 is 6.18 Å². The van der Waals surface area contributed by atoms with E-state index in [0.29, 0.717) is 12.1 Å². The Morgan fingerprint density at radius 3 is 2.81 bits per heavy atom. The third kappa shape index (κ3) is 3.74. The van der Waals surface area contributed by atoms with E-state index in [0.717, 1.165) is 11.6 Å². The molecule has 2 aromatic heterocycles. The van der Waals surface area contributed by atoms with Gasteiger partial charge in [-0.05, 0) is 24.6 Å². The molecule has 0 radical (unpaired) electrons. The SMILES string of the molecule is Cc1cnc2c(C(=O)N[C@@]3(c4ccc(C(F)(F)F)cc4F)CCOC[C@@H]3O)cnn2c1. The number of carbonyl (C=O) groups is 1. The molecule has 3 heterocycles. The number of hydrogen-bond acceptors (Lipinski definition) is 5. The number of fused-ring (bicyclic) bond motifs is 1. The van der Waals surface area contributed by atoms with E-state index in [1.165, 1.54) is 10.7 Å². The first-order chi connectivity index (χ1) is 14.6. The number of aryl methyl sites for hydroxylation is 1. The Morgan fingerprint density at radius 1 is 1.35 bits per heavy atom. The zero-order valence-electron chi connectivity index (χ0n) is 16.3. The number of carbonyl (C=O) groups excluding carboxylic acids is 1. The number of nitrogens with zero attached hydrogens (tertiary/aromatic N) is 3. The van der Waals surface area contributed by atoms with Crippen molar-refractivity contribution in [2.45, 2.75) is 31.2 Å².